The average Bonchev–Trinajstić information content (AvgIpc) is 2.36. The molecular weight excluding hydrogens is 238 g/mol. The van der Waals surface area contributed by atoms with Crippen molar-refractivity contribution in [3.8, 4) is 0 Å². The molecule has 18 heavy (non-hydrogen) atoms. The van der Waals surface area contributed by atoms with Crippen molar-refractivity contribution in [2.45, 2.75) is 39.2 Å². The third-order valence-electron chi connectivity index (χ3n) is 3.22. The van der Waals surface area contributed by atoms with Gasteiger partial charge in [0.05, 0.1) is 0 Å². The van der Waals surface area contributed by atoms with E-state index >= 15 is 0 Å². The predicted octanol–water partition coefficient (Wildman–Crippen LogP) is 2.87. The largest absolute Gasteiger partial charge is 0.385 e. The summed E-state index contributed by atoms with van der Waals surface area (Å²) in [5, 5.41) is 9.83. The molecule has 0 saturated heterocycles. The van der Waals surface area contributed by atoms with E-state index in [-0.39, 0.29) is 17.9 Å². The second kappa shape index (κ2) is 6.59. The normalized spacial score (nSPS) is 12.8. The second-order valence-electron chi connectivity index (χ2n) is 4.38. The minimum absolute atomic E-state index is 0.00925. The minimum Gasteiger partial charge on any atom is -0.385 e. The Labute approximate surface area is 106 Å². The second-order valence-corrected chi connectivity index (χ2v) is 4.38. The van der Waals surface area contributed by atoms with E-state index in [1.165, 1.54) is 12.1 Å². The molecule has 1 N–H and O–H groups in total. The first-order chi connectivity index (χ1) is 8.51. The third-order valence-corrected chi connectivity index (χ3v) is 3.22. The molecule has 0 bridgehead atoms. The van der Waals surface area contributed by atoms with E-state index in [4.69, 9.17) is 0 Å². The molecule has 0 aliphatic rings. The fraction of sp³-hybridized carbons (Fsp3) is 0.500. The van der Waals surface area contributed by atoms with Gasteiger partial charge in [0.25, 0.3) is 0 Å². The van der Waals surface area contributed by atoms with Gasteiger partial charge in [-0.1, -0.05) is 38.8 Å². The zero-order valence-corrected chi connectivity index (χ0v) is 10.6. The summed E-state index contributed by atoms with van der Waals surface area (Å²) in [5.41, 5.74) is -0.00925. The summed E-state index contributed by atoms with van der Waals surface area (Å²) in [5.74, 6) is -2.58. The first-order valence-electron chi connectivity index (χ1n) is 6.14. The molecule has 1 rings (SSSR count). The summed E-state index contributed by atoms with van der Waals surface area (Å²) in [4.78, 5) is 11.8. The number of aliphatic hydroxyl groups is 1. The molecule has 1 atom stereocenters. The van der Waals surface area contributed by atoms with Crippen molar-refractivity contribution < 1.29 is 18.7 Å². The fourth-order valence-electron chi connectivity index (χ4n) is 1.98. The van der Waals surface area contributed by atoms with Crippen molar-refractivity contribution >= 4 is 5.78 Å². The van der Waals surface area contributed by atoms with Gasteiger partial charge in [0.15, 0.2) is 17.4 Å². The molecule has 1 aromatic carbocycles. The molecule has 100 valence electrons. The first kappa shape index (κ1) is 14.8. The number of ketones is 1. The van der Waals surface area contributed by atoms with Crippen LogP contribution in [0.2, 0.25) is 0 Å². The molecule has 0 amide bonds. The van der Waals surface area contributed by atoms with Gasteiger partial charge in [-0.15, -0.1) is 0 Å². The highest BCUT2D eigenvalue weighted by Gasteiger charge is 2.24. The van der Waals surface area contributed by atoms with Gasteiger partial charge in [-0.25, -0.2) is 8.78 Å². The smallest absolute Gasteiger partial charge is 0.166 e. The average molecular weight is 256 g/mol. The van der Waals surface area contributed by atoms with Crippen LogP contribution in [-0.2, 0) is 11.2 Å². The van der Waals surface area contributed by atoms with E-state index in [9.17, 15) is 18.7 Å². The lowest BCUT2D eigenvalue weighted by molar-refractivity contribution is -0.129. The maximum atomic E-state index is 13.4. The Morgan fingerprint density at radius 2 is 1.89 bits per heavy atom. The van der Waals surface area contributed by atoms with E-state index in [0.29, 0.717) is 12.8 Å². The number of Topliss-reactive ketones (excluding diaryl/α,β-unsaturated/α-hetero) is 1. The van der Waals surface area contributed by atoms with E-state index < -0.39 is 23.5 Å². The number of hydrogen-bond donors (Lipinski definition) is 1. The fourth-order valence-corrected chi connectivity index (χ4v) is 1.98. The summed E-state index contributed by atoms with van der Waals surface area (Å²) in [6.07, 6.45) is -0.0339. The number of carbonyl (C=O) groups excluding carboxylic acids is 1. The molecule has 0 fully saturated rings. The Morgan fingerprint density at radius 1 is 1.28 bits per heavy atom. The maximum Gasteiger partial charge on any atom is 0.166 e. The van der Waals surface area contributed by atoms with Crippen LogP contribution in [0.3, 0.4) is 0 Å². The zero-order valence-electron chi connectivity index (χ0n) is 10.6. The van der Waals surface area contributed by atoms with E-state index in [1.54, 1.807) is 0 Å². The van der Waals surface area contributed by atoms with Gasteiger partial charge in [-0.3, -0.25) is 4.79 Å². The molecule has 0 spiro atoms. The van der Waals surface area contributed by atoms with Crippen molar-refractivity contribution in [1.29, 1.82) is 0 Å². The lowest BCUT2D eigenvalue weighted by Gasteiger charge is -2.18. The molecule has 2 nitrogen and oxygen atoms in total. The molecule has 0 aliphatic carbocycles. The molecule has 1 aromatic rings. The number of carbonyl (C=O) groups is 1. The molecule has 4 heteroatoms. The monoisotopic (exact) mass is 256 g/mol. The Kier molecular flexibility index (Phi) is 5.41. The van der Waals surface area contributed by atoms with Crippen LogP contribution in [0.5, 0.6) is 0 Å². The van der Waals surface area contributed by atoms with Crippen LogP contribution < -0.4 is 0 Å². The molecule has 0 aromatic heterocycles. The van der Waals surface area contributed by atoms with E-state index in [1.807, 2.05) is 13.8 Å². The summed E-state index contributed by atoms with van der Waals surface area (Å²) < 4.78 is 26.4. The van der Waals surface area contributed by atoms with Gasteiger partial charge in [0, 0.05) is 6.42 Å². The summed E-state index contributed by atoms with van der Waals surface area (Å²) in [6.45, 7) is 3.76. The van der Waals surface area contributed by atoms with Crippen LogP contribution >= 0.6 is 0 Å². The quantitative estimate of drug-likeness (QED) is 0.849. The number of hydrogen-bond acceptors (Lipinski definition) is 2. The Balaban J connectivity index is 2.78. The lowest BCUT2D eigenvalue weighted by atomic mass is 9.91. The van der Waals surface area contributed by atoms with Gasteiger partial charge >= 0.3 is 0 Å². The number of benzene rings is 1. The molecule has 0 heterocycles. The van der Waals surface area contributed by atoms with Gasteiger partial charge in [-0.05, 0) is 17.5 Å². The summed E-state index contributed by atoms with van der Waals surface area (Å²) in [7, 11) is 0. The Hall–Kier alpha value is -1.29. The molecular formula is C14H18F2O2. The SMILES string of the molecule is CCC(CC)C(O)C(=O)Cc1cccc(F)c1F. The zero-order chi connectivity index (χ0) is 13.7. The highest BCUT2D eigenvalue weighted by molar-refractivity contribution is 5.85. The predicted molar refractivity (Wildman–Crippen MR) is 65.1 cm³/mol. The van der Waals surface area contributed by atoms with Crippen molar-refractivity contribution in [3.05, 3.63) is 35.4 Å². The standard InChI is InChI=1S/C14H18F2O2/c1-3-9(4-2)14(18)12(17)8-10-6-5-7-11(15)13(10)16/h5-7,9,14,18H,3-4,8H2,1-2H3. The van der Waals surface area contributed by atoms with Crippen LogP contribution in [0.4, 0.5) is 8.78 Å². The molecule has 0 aliphatic heterocycles. The lowest BCUT2D eigenvalue weighted by Crippen LogP contribution is -2.30. The van der Waals surface area contributed by atoms with Gasteiger partial charge in [-0.2, -0.15) is 0 Å². The maximum absolute atomic E-state index is 13.4. The van der Waals surface area contributed by atoms with Crippen molar-refractivity contribution in [1.82, 2.24) is 0 Å². The van der Waals surface area contributed by atoms with Crippen LogP contribution in [-0.4, -0.2) is 17.0 Å². The topological polar surface area (TPSA) is 37.3 Å². The van der Waals surface area contributed by atoms with E-state index in [0.717, 1.165) is 6.07 Å². The van der Waals surface area contributed by atoms with Crippen molar-refractivity contribution in [2.24, 2.45) is 5.92 Å². The van der Waals surface area contributed by atoms with Crippen LogP contribution in [0, 0.1) is 17.6 Å². The van der Waals surface area contributed by atoms with Crippen LogP contribution in [0.15, 0.2) is 18.2 Å². The van der Waals surface area contributed by atoms with Gasteiger partial charge in [0.1, 0.15) is 6.10 Å². The first-order valence-corrected chi connectivity index (χ1v) is 6.14. The summed E-state index contributed by atoms with van der Waals surface area (Å²) >= 11 is 0. The number of aliphatic hydroxyl groups excluding tert-OH is 1. The molecule has 0 radical (unpaired) electrons. The number of rotatable bonds is 6. The Bertz CT molecular complexity index is 414. The minimum atomic E-state index is -1.11. The molecule has 0 saturated carbocycles. The summed E-state index contributed by atoms with van der Waals surface area (Å²) in [6, 6.07) is 3.71. The van der Waals surface area contributed by atoms with E-state index in [2.05, 4.69) is 0 Å². The van der Waals surface area contributed by atoms with Gasteiger partial charge in [0.2, 0.25) is 0 Å². The Morgan fingerprint density at radius 3 is 2.44 bits per heavy atom. The highest BCUT2D eigenvalue weighted by Crippen LogP contribution is 2.18. The van der Waals surface area contributed by atoms with Crippen molar-refractivity contribution in [3.63, 3.8) is 0 Å². The van der Waals surface area contributed by atoms with Crippen molar-refractivity contribution in [2.75, 3.05) is 0 Å². The van der Waals surface area contributed by atoms with Crippen LogP contribution in [0.25, 0.3) is 0 Å². The van der Waals surface area contributed by atoms with Crippen LogP contribution in [0.1, 0.15) is 32.3 Å². The molecule has 1 unspecified atom stereocenters. The van der Waals surface area contributed by atoms with Gasteiger partial charge < -0.3 is 5.11 Å². The third kappa shape index (κ3) is 3.35. The number of halogens is 2. The highest BCUT2D eigenvalue weighted by atomic mass is 19.2.